The van der Waals surface area contributed by atoms with Gasteiger partial charge in [-0.25, -0.2) is 9.67 Å². The van der Waals surface area contributed by atoms with Gasteiger partial charge < -0.3 is 9.47 Å². The molecule has 0 N–H and O–H groups in total. The molecule has 7 heteroatoms. The molecule has 0 bridgehead atoms. The molecule has 0 aliphatic carbocycles. The number of terminal acetylenes is 1. The first-order chi connectivity index (χ1) is 12.6. The predicted octanol–water partition coefficient (Wildman–Crippen LogP) is 4.55. The third kappa shape index (κ3) is 3.83. The zero-order valence-corrected chi connectivity index (χ0v) is 15.4. The average molecular weight is 388 g/mol. The van der Waals surface area contributed by atoms with Gasteiger partial charge >= 0.3 is 0 Å². The highest BCUT2D eigenvalue weighted by Gasteiger charge is 2.33. The van der Waals surface area contributed by atoms with Crippen LogP contribution in [-0.4, -0.2) is 21.9 Å². The summed E-state index contributed by atoms with van der Waals surface area (Å²) in [7, 11) is 1.53. The number of methoxy groups -OCH3 is 1. The van der Waals surface area contributed by atoms with Crippen molar-refractivity contribution in [3.05, 3.63) is 70.7 Å². The first kappa shape index (κ1) is 18.3. The SMILES string of the molecule is C#CC(Cn1cncn1)(OC)c1ccc(Oc2ccc(Cl)cc2)cc1Cl. The Bertz CT molecular complexity index is 921. The summed E-state index contributed by atoms with van der Waals surface area (Å²) in [6, 6.07) is 12.3. The van der Waals surface area contributed by atoms with Crippen LogP contribution in [0.5, 0.6) is 11.5 Å². The molecule has 0 saturated heterocycles. The van der Waals surface area contributed by atoms with E-state index in [0.29, 0.717) is 27.1 Å². The van der Waals surface area contributed by atoms with Crippen molar-refractivity contribution >= 4 is 23.2 Å². The maximum absolute atomic E-state index is 6.48. The summed E-state index contributed by atoms with van der Waals surface area (Å²) in [6.07, 6.45) is 8.77. The molecule has 2 aromatic carbocycles. The highest BCUT2D eigenvalue weighted by molar-refractivity contribution is 6.31. The Labute approximate surface area is 161 Å². The number of halogens is 2. The third-order valence-corrected chi connectivity index (χ3v) is 4.42. The topological polar surface area (TPSA) is 49.2 Å². The van der Waals surface area contributed by atoms with Crippen LogP contribution in [0, 0.1) is 12.3 Å². The summed E-state index contributed by atoms with van der Waals surface area (Å²) < 4.78 is 13.0. The van der Waals surface area contributed by atoms with Crippen LogP contribution in [0.2, 0.25) is 10.0 Å². The fraction of sp³-hybridized carbons (Fsp3) is 0.158. The van der Waals surface area contributed by atoms with Crippen LogP contribution in [0.4, 0.5) is 0 Å². The first-order valence-corrected chi connectivity index (χ1v) is 8.41. The summed E-state index contributed by atoms with van der Waals surface area (Å²) in [5, 5.41) is 5.15. The second-order valence-electron chi connectivity index (χ2n) is 5.47. The molecule has 1 unspecified atom stereocenters. The van der Waals surface area contributed by atoms with Crippen molar-refractivity contribution in [3.8, 4) is 23.8 Å². The standard InChI is InChI=1S/C19H15Cl2N3O2/c1-3-19(25-2,11-24-13-22-12-23-24)17-9-8-16(10-18(17)21)26-15-6-4-14(20)5-7-15/h1,4-10,12-13H,11H2,2H3. The zero-order valence-electron chi connectivity index (χ0n) is 13.9. The number of rotatable bonds is 6. The second kappa shape index (κ2) is 7.79. The molecule has 132 valence electrons. The summed E-state index contributed by atoms with van der Waals surface area (Å²) in [5.41, 5.74) is -0.438. The largest absolute Gasteiger partial charge is 0.457 e. The van der Waals surface area contributed by atoms with Crippen molar-refractivity contribution in [2.75, 3.05) is 7.11 Å². The molecule has 3 rings (SSSR count). The van der Waals surface area contributed by atoms with Crippen molar-refractivity contribution in [3.63, 3.8) is 0 Å². The molecule has 0 fully saturated rings. The van der Waals surface area contributed by atoms with Crippen molar-refractivity contribution in [2.45, 2.75) is 12.1 Å². The van der Waals surface area contributed by atoms with E-state index in [1.807, 2.05) is 0 Å². The number of ether oxygens (including phenoxy) is 2. The molecule has 0 saturated carbocycles. The van der Waals surface area contributed by atoms with Crippen molar-refractivity contribution in [1.82, 2.24) is 14.8 Å². The minimum Gasteiger partial charge on any atom is -0.457 e. The molecular formula is C19H15Cl2N3O2. The highest BCUT2D eigenvalue weighted by atomic mass is 35.5. The number of hydrogen-bond donors (Lipinski definition) is 0. The number of benzene rings is 2. The highest BCUT2D eigenvalue weighted by Crippen LogP contribution is 2.35. The van der Waals surface area contributed by atoms with Gasteiger partial charge in [-0.3, -0.25) is 0 Å². The van der Waals surface area contributed by atoms with E-state index in [9.17, 15) is 0 Å². The van der Waals surface area contributed by atoms with Crippen LogP contribution in [0.15, 0.2) is 55.1 Å². The maximum atomic E-state index is 6.48. The quantitative estimate of drug-likeness (QED) is 0.582. The molecule has 26 heavy (non-hydrogen) atoms. The first-order valence-electron chi connectivity index (χ1n) is 7.65. The van der Waals surface area contributed by atoms with E-state index in [4.69, 9.17) is 39.1 Å². The normalized spacial score (nSPS) is 13.0. The molecule has 1 heterocycles. The van der Waals surface area contributed by atoms with E-state index >= 15 is 0 Å². The molecule has 0 radical (unpaired) electrons. The Kier molecular flexibility index (Phi) is 5.48. The molecule has 3 aromatic rings. The fourth-order valence-corrected chi connectivity index (χ4v) is 2.96. The molecule has 0 amide bonds. The lowest BCUT2D eigenvalue weighted by atomic mass is 9.94. The van der Waals surface area contributed by atoms with Crippen molar-refractivity contribution in [1.29, 1.82) is 0 Å². The number of hydrogen-bond acceptors (Lipinski definition) is 4. The van der Waals surface area contributed by atoms with E-state index in [0.717, 1.165) is 0 Å². The minimum absolute atomic E-state index is 0.275. The Morgan fingerprint density at radius 3 is 2.46 bits per heavy atom. The molecule has 0 aliphatic rings. The van der Waals surface area contributed by atoms with Gasteiger partial charge in [-0.2, -0.15) is 5.10 Å². The Balaban J connectivity index is 1.89. The molecule has 1 atom stereocenters. The van der Waals surface area contributed by atoms with Crippen LogP contribution in [0.3, 0.4) is 0 Å². The van der Waals surface area contributed by atoms with E-state index < -0.39 is 5.60 Å². The van der Waals surface area contributed by atoms with E-state index in [2.05, 4.69) is 16.0 Å². The summed E-state index contributed by atoms with van der Waals surface area (Å²) in [5.74, 6) is 3.91. The van der Waals surface area contributed by atoms with Crippen molar-refractivity contribution in [2.24, 2.45) is 0 Å². The minimum atomic E-state index is -1.08. The van der Waals surface area contributed by atoms with E-state index in [-0.39, 0.29) is 6.54 Å². The van der Waals surface area contributed by atoms with Crippen molar-refractivity contribution < 1.29 is 9.47 Å². The summed E-state index contributed by atoms with van der Waals surface area (Å²) in [6.45, 7) is 0.275. The van der Waals surface area contributed by atoms with Gasteiger partial charge in [0.15, 0.2) is 5.60 Å². The monoisotopic (exact) mass is 387 g/mol. The smallest absolute Gasteiger partial charge is 0.174 e. The van der Waals surface area contributed by atoms with E-state index in [1.54, 1.807) is 53.5 Å². The van der Waals surface area contributed by atoms with Gasteiger partial charge in [0.05, 0.1) is 11.6 Å². The van der Waals surface area contributed by atoms with Gasteiger partial charge in [-0.05, 0) is 42.5 Å². The van der Waals surface area contributed by atoms with Gasteiger partial charge in [-0.15, -0.1) is 6.42 Å². The molecule has 0 spiro atoms. The second-order valence-corrected chi connectivity index (χ2v) is 6.31. The van der Waals surface area contributed by atoms with Crippen LogP contribution >= 0.6 is 23.2 Å². The van der Waals surface area contributed by atoms with Gasteiger partial charge in [0.1, 0.15) is 24.2 Å². The number of nitrogens with zero attached hydrogens (tertiary/aromatic N) is 3. The van der Waals surface area contributed by atoms with E-state index in [1.165, 1.54) is 13.4 Å². The van der Waals surface area contributed by atoms with Gasteiger partial charge in [0.2, 0.25) is 0 Å². The fourth-order valence-electron chi connectivity index (χ4n) is 2.51. The zero-order chi connectivity index (χ0) is 18.6. The summed E-state index contributed by atoms with van der Waals surface area (Å²) >= 11 is 12.4. The average Bonchev–Trinajstić information content (AvgIpc) is 3.15. The van der Waals surface area contributed by atoms with Crippen LogP contribution in [0.1, 0.15) is 5.56 Å². The maximum Gasteiger partial charge on any atom is 0.174 e. The Morgan fingerprint density at radius 1 is 1.15 bits per heavy atom. The molecule has 0 aliphatic heterocycles. The molecule has 5 nitrogen and oxygen atoms in total. The lowest BCUT2D eigenvalue weighted by molar-refractivity contribution is 0.0200. The Hall–Kier alpha value is -2.52. The van der Waals surface area contributed by atoms with Crippen LogP contribution in [-0.2, 0) is 16.9 Å². The van der Waals surface area contributed by atoms with Crippen LogP contribution < -0.4 is 4.74 Å². The molecular weight excluding hydrogens is 373 g/mol. The van der Waals surface area contributed by atoms with Gasteiger partial charge in [0, 0.05) is 17.7 Å². The summed E-state index contributed by atoms with van der Waals surface area (Å²) in [4.78, 5) is 3.92. The lowest BCUT2D eigenvalue weighted by Crippen LogP contribution is -2.32. The lowest BCUT2D eigenvalue weighted by Gasteiger charge is -2.28. The predicted molar refractivity (Wildman–Crippen MR) is 101 cm³/mol. The third-order valence-electron chi connectivity index (χ3n) is 3.86. The molecule has 1 aromatic heterocycles. The Morgan fingerprint density at radius 2 is 1.88 bits per heavy atom. The van der Waals surface area contributed by atoms with Gasteiger partial charge in [-0.1, -0.05) is 29.1 Å². The van der Waals surface area contributed by atoms with Crippen LogP contribution in [0.25, 0.3) is 0 Å². The van der Waals surface area contributed by atoms with Gasteiger partial charge in [0.25, 0.3) is 0 Å². The number of aromatic nitrogens is 3.